The first-order valence-corrected chi connectivity index (χ1v) is 9.77. The van der Waals surface area contributed by atoms with Gasteiger partial charge in [-0.2, -0.15) is 0 Å². The first-order chi connectivity index (χ1) is 12.0. The van der Waals surface area contributed by atoms with E-state index in [4.69, 9.17) is 9.72 Å². The van der Waals surface area contributed by atoms with Crippen molar-refractivity contribution in [1.82, 2.24) is 4.98 Å². The Morgan fingerprint density at radius 3 is 3.00 bits per heavy atom. The Morgan fingerprint density at radius 2 is 2.28 bits per heavy atom. The minimum atomic E-state index is -0.703. The van der Waals surface area contributed by atoms with Crippen molar-refractivity contribution < 1.29 is 14.6 Å². The lowest BCUT2D eigenvalue weighted by Crippen LogP contribution is -2.44. The summed E-state index contributed by atoms with van der Waals surface area (Å²) in [6.07, 6.45) is 2.64. The molecule has 132 valence electrons. The Labute approximate surface area is 151 Å². The number of fused-ring (bicyclic) bond motifs is 2. The van der Waals surface area contributed by atoms with E-state index in [1.165, 1.54) is 10.5 Å². The highest BCUT2D eigenvalue weighted by Gasteiger charge is 2.54. The third-order valence-corrected chi connectivity index (χ3v) is 6.39. The predicted octanol–water partition coefficient (Wildman–Crippen LogP) is 3.19. The number of benzene rings is 1. The predicted molar refractivity (Wildman–Crippen MR) is 99.5 cm³/mol. The molecule has 1 aromatic carbocycles. The van der Waals surface area contributed by atoms with Crippen molar-refractivity contribution in [3.05, 3.63) is 29.8 Å². The lowest BCUT2D eigenvalue weighted by molar-refractivity contribution is -0.157. The molecule has 3 heterocycles. The monoisotopic (exact) mass is 358 g/mol. The number of hydrogen-bond acceptors (Lipinski definition) is 5. The first-order valence-electron chi connectivity index (χ1n) is 8.55. The number of carboxylic acid groups (broad SMARTS) is 1. The summed E-state index contributed by atoms with van der Waals surface area (Å²) < 4.78 is 5.55. The quantitative estimate of drug-likeness (QED) is 0.850. The van der Waals surface area contributed by atoms with E-state index in [0.717, 1.165) is 16.7 Å². The van der Waals surface area contributed by atoms with Crippen LogP contribution in [0.1, 0.15) is 12.0 Å². The Kier molecular flexibility index (Phi) is 4.12. The van der Waals surface area contributed by atoms with Crippen molar-refractivity contribution in [2.24, 2.45) is 11.3 Å². The standard InChI is InChI=1S/C19H22N2O3S/c1-12-7-17(20-16-4-3-14(25-2)8-15(12)16)21-9-13-10-24-6-5-19(13,11-21)18(22)23/h3-4,7-8,13H,5-6,9-11H2,1-2H3,(H,22,23)/t13-,19+/m1/s1. The Morgan fingerprint density at radius 1 is 1.44 bits per heavy atom. The fourth-order valence-corrected chi connectivity index (χ4v) is 4.56. The van der Waals surface area contributed by atoms with E-state index in [1.807, 2.05) is 0 Å². The van der Waals surface area contributed by atoms with Gasteiger partial charge in [0, 0.05) is 35.9 Å². The number of pyridine rings is 1. The molecule has 2 aromatic rings. The molecule has 1 aromatic heterocycles. The van der Waals surface area contributed by atoms with E-state index >= 15 is 0 Å². The minimum absolute atomic E-state index is 0.0235. The third kappa shape index (κ3) is 2.68. The molecule has 2 atom stereocenters. The number of carboxylic acids is 1. The number of nitrogens with zero attached hydrogens (tertiary/aromatic N) is 2. The fraction of sp³-hybridized carbons (Fsp3) is 0.474. The highest BCUT2D eigenvalue weighted by atomic mass is 32.2. The van der Waals surface area contributed by atoms with Gasteiger partial charge >= 0.3 is 5.97 Å². The third-order valence-electron chi connectivity index (χ3n) is 5.67. The number of anilines is 1. The number of aliphatic carboxylic acids is 1. The van der Waals surface area contributed by atoms with Gasteiger partial charge in [0.1, 0.15) is 5.82 Å². The number of aromatic nitrogens is 1. The molecule has 0 bridgehead atoms. The molecule has 25 heavy (non-hydrogen) atoms. The van der Waals surface area contributed by atoms with Crippen LogP contribution in [0, 0.1) is 18.3 Å². The number of hydrogen-bond donors (Lipinski definition) is 1. The van der Waals surface area contributed by atoms with Gasteiger partial charge in [-0.15, -0.1) is 11.8 Å². The van der Waals surface area contributed by atoms with Gasteiger partial charge in [0.25, 0.3) is 0 Å². The summed E-state index contributed by atoms with van der Waals surface area (Å²) in [5.41, 5.74) is 1.43. The summed E-state index contributed by atoms with van der Waals surface area (Å²) in [6.45, 7) is 4.34. The number of thioether (sulfide) groups is 1. The number of aryl methyl sites for hydroxylation is 1. The summed E-state index contributed by atoms with van der Waals surface area (Å²) in [6, 6.07) is 8.39. The lowest BCUT2D eigenvalue weighted by atomic mass is 9.74. The maximum Gasteiger partial charge on any atom is 0.311 e. The normalized spacial score (nSPS) is 26.0. The second-order valence-corrected chi connectivity index (χ2v) is 7.92. The van der Waals surface area contributed by atoms with Crippen molar-refractivity contribution >= 4 is 34.5 Å². The smallest absolute Gasteiger partial charge is 0.311 e. The van der Waals surface area contributed by atoms with Gasteiger partial charge in [-0.1, -0.05) is 0 Å². The van der Waals surface area contributed by atoms with Crippen molar-refractivity contribution in [3.8, 4) is 0 Å². The molecule has 5 nitrogen and oxygen atoms in total. The zero-order valence-corrected chi connectivity index (χ0v) is 15.3. The van der Waals surface area contributed by atoms with Crippen LogP contribution < -0.4 is 4.90 Å². The van der Waals surface area contributed by atoms with Crippen molar-refractivity contribution in [2.45, 2.75) is 18.2 Å². The van der Waals surface area contributed by atoms with Gasteiger partial charge in [-0.25, -0.2) is 4.98 Å². The van der Waals surface area contributed by atoms with Crippen molar-refractivity contribution in [1.29, 1.82) is 0 Å². The minimum Gasteiger partial charge on any atom is -0.481 e. The molecule has 0 saturated carbocycles. The van der Waals surface area contributed by atoms with E-state index in [2.05, 4.69) is 42.3 Å². The van der Waals surface area contributed by atoms with E-state index in [9.17, 15) is 9.90 Å². The van der Waals surface area contributed by atoms with Gasteiger partial charge in [0.05, 0.1) is 17.5 Å². The van der Waals surface area contributed by atoms with Crippen molar-refractivity contribution in [3.63, 3.8) is 0 Å². The van der Waals surface area contributed by atoms with Crippen LogP contribution >= 0.6 is 11.8 Å². The topological polar surface area (TPSA) is 62.7 Å². The molecule has 0 radical (unpaired) electrons. The average molecular weight is 358 g/mol. The Balaban J connectivity index is 1.72. The molecule has 0 amide bonds. The second-order valence-electron chi connectivity index (χ2n) is 7.04. The fourth-order valence-electron chi connectivity index (χ4n) is 4.12. The molecule has 2 aliphatic rings. The zero-order chi connectivity index (χ0) is 17.6. The highest BCUT2D eigenvalue weighted by molar-refractivity contribution is 7.98. The molecular formula is C19H22N2O3S. The summed E-state index contributed by atoms with van der Waals surface area (Å²) in [5.74, 6) is 0.192. The molecule has 4 rings (SSSR count). The maximum atomic E-state index is 12.0. The summed E-state index contributed by atoms with van der Waals surface area (Å²) in [4.78, 5) is 20.2. The van der Waals surface area contributed by atoms with E-state index in [1.54, 1.807) is 11.8 Å². The van der Waals surface area contributed by atoms with Gasteiger partial charge < -0.3 is 14.7 Å². The molecular weight excluding hydrogens is 336 g/mol. The number of ether oxygens (including phenoxy) is 1. The Bertz CT molecular complexity index is 841. The molecule has 2 saturated heterocycles. The van der Waals surface area contributed by atoms with Gasteiger partial charge in [-0.05, 0) is 49.4 Å². The average Bonchev–Trinajstić information content (AvgIpc) is 3.02. The SMILES string of the molecule is CSc1ccc2nc(N3C[C@@H]4COCC[C@]4(C(=O)O)C3)cc(C)c2c1. The molecule has 1 N–H and O–H groups in total. The second kappa shape index (κ2) is 6.18. The van der Waals surface area contributed by atoms with Gasteiger partial charge in [-0.3, -0.25) is 4.79 Å². The summed E-state index contributed by atoms with van der Waals surface area (Å²) >= 11 is 1.72. The van der Waals surface area contributed by atoms with Crippen molar-refractivity contribution in [2.75, 3.05) is 37.5 Å². The first kappa shape index (κ1) is 16.7. The number of rotatable bonds is 3. The van der Waals surface area contributed by atoms with Crippen LogP contribution in [0.4, 0.5) is 5.82 Å². The zero-order valence-electron chi connectivity index (χ0n) is 14.5. The maximum absolute atomic E-state index is 12.0. The molecule has 0 unspecified atom stereocenters. The van der Waals surface area contributed by atoms with E-state index in [-0.39, 0.29) is 5.92 Å². The molecule has 0 spiro atoms. The molecule has 6 heteroatoms. The van der Waals surface area contributed by atoms with Crippen LogP contribution in [0.3, 0.4) is 0 Å². The van der Waals surface area contributed by atoms with Crippen LogP contribution in [0.25, 0.3) is 10.9 Å². The molecule has 2 aliphatic heterocycles. The summed E-state index contributed by atoms with van der Waals surface area (Å²) in [5, 5.41) is 11.0. The summed E-state index contributed by atoms with van der Waals surface area (Å²) in [7, 11) is 0. The lowest BCUT2D eigenvalue weighted by Gasteiger charge is -2.33. The molecule has 0 aliphatic carbocycles. The largest absolute Gasteiger partial charge is 0.481 e. The van der Waals surface area contributed by atoms with Gasteiger partial charge in [0.15, 0.2) is 0 Å². The molecule has 2 fully saturated rings. The van der Waals surface area contributed by atoms with Crippen LogP contribution in [0.5, 0.6) is 0 Å². The number of carbonyl (C=O) groups is 1. The van der Waals surface area contributed by atoms with Crippen LogP contribution in [-0.2, 0) is 9.53 Å². The van der Waals surface area contributed by atoms with E-state index < -0.39 is 11.4 Å². The van der Waals surface area contributed by atoms with Gasteiger partial charge in [0.2, 0.25) is 0 Å². The Hall–Kier alpha value is -1.79. The highest BCUT2D eigenvalue weighted by Crippen LogP contribution is 2.44. The van der Waals surface area contributed by atoms with Crippen LogP contribution in [-0.4, -0.2) is 48.6 Å². The van der Waals surface area contributed by atoms with E-state index in [0.29, 0.717) is 32.7 Å². The van der Waals surface area contributed by atoms with Crippen LogP contribution in [0.15, 0.2) is 29.2 Å². The van der Waals surface area contributed by atoms with Crippen LogP contribution in [0.2, 0.25) is 0 Å².